The smallest absolute Gasteiger partial charge is 0.344 e. The lowest BCUT2D eigenvalue weighted by molar-refractivity contribution is -0.140. The van der Waals surface area contributed by atoms with E-state index >= 15 is 0 Å². The summed E-state index contributed by atoms with van der Waals surface area (Å²) in [5.41, 5.74) is 1.18. The van der Waals surface area contributed by atoms with Gasteiger partial charge in [-0.3, -0.25) is 14.5 Å². The van der Waals surface area contributed by atoms with Crippen LogP contribution in [-0.2, 0) is 9.59 Å². The van der Waals surface area contributed by atoms with Crippen LogP contribution in [0.5, 0.6) is 5.75 Å². The topological polar surface area (TPSA) is 83.9 Å². The van der Waals surface area contributed by atoms with E-state index < -0.39 is 24.4 Å². The van der Waals surface area contributed by atoms with Gasteiger partial charge in [0.25, 0.3) is 5.91 Å². The van der Waals surface area contributed by atoms with Crippen LogP contribution in [0.15, 0.2) is 53.4 Å². The largest absolute Gasteiger partial charge is 0.480 e. The van der Waals surface area contributed by atoms with Crippen molar-refractivity contribution in [2.45, 2.75) is 0 Å². The first-order chi connectivity index (χ1) is 13.3. The van der Waals surface area contributed by atoms with E-state index in [1.165, 1.54) is 0 Å². The predicted octanol–water partition coefficient (Wildman–Crippen LogP) is 3.80. The van der Waals surface area contributed by atoms with E-state index in [2.05, 4.69) is 22.6 Å². The van der Waals surface area contributed by atoms with Gasteiger partial charge in [0.2, 0.25) is 0 Å². The number of esters is 1. The van der Waals surface area contributed by atoms with Crippen molar-refractivity contribution in [3.05, 3.63) is 68.1 Å². The number of thiocarbonyl (C=S) groups is 1. The van der Waals surface area contributed by atoms with Crippen LogP contribution in [-0.4, -0.2) is 38.7 Å². The number of thioether (sulfide) groups is 1. The van der Waals surface area contributed by atoms with Crippen LogP contribution in [0.3, 0.4) is 0 Å². The number of carboxylic acids is 1. The molecule has 2 aromatic carbocycles. The van der Waals surface area contributed by atoms with Gasteiger partial charge in [-0.2, -0.15) is 0 Å². The standard InChI is InChI=1S/C19H12INO5S2/c20-14-4-2-1-3-13(14)18(25)26-12-7-5-11(6-8-12)9-15-17(24)21(10-16(22)23)19(27)28-15/h1-9H,10H2,(H,22,23)/b15-9+. The van der Waals surface area contributed by atoms with Crippen molar-refractivity contribution < 1.29 is 24.2 Å². The molecule has 1 heterocycles. The quantitative estimate of drug-likeness (QED) is 0.209. The molecule has 1 aliphatic heterocycles. The van der Waals surface area contributed by atoms with Gasteiger partial charge in [0.05, 0.1) is 10.5 Å². The van der Waals surface area contributed by atoms with Crippen LogP contribution < -0.4 is 4.74 Å². The van der Waals surface area contributed by atoms with E-state index in [9.17, 15) is 14.4 Å². The van der Waals surface area contributed by atoms with Crippen LogP contribution in [0.1, 0.15) is 15.9 Å². The molecule has 1 N–H and O–H groups in total. The highest BCUT2D eigenvalue weighted by atomic mass is 127. The summed E-state index contributed by atoms with van der Waals surface area (Å²) in [7, 11) is 0. The molecule has 1 fully saturated rings. The summed E-state index contributed by atoms with van der Waals surface area (Å²) in [6.07, 6.45) is 1.62. The lowest BCUT2D eigenvalue weighted by atomic mass is 10.2. The van der Waals surface area contributed by atoms with E-state index in [1.807, 2.05) is 12.1 Å². The van der Waals surface area contributed by atoms with Crippen LogP contribution in [0, 0.1) is 3.57 Å². The van der Waals surface area contributed by atoms with Gasteiger partial charge in [0, 0.05) is 3.57 Å². The SMILES string of the molecule is O=C(O)CN1C(=O)/C(=C\c2ccc(OC(=O)c3ccccc3I)cc2)SC1=S. The Hall–Kier alpha value is -2.24. The van der Waals surface area contributed by atoms with Crippen molar-refractivity contribution in [2.75, 3.05) is 6.54 Å². The fourth-order valence-electron chi connectivity index (χ4n) is 2.34. The summed E-state index contributed by atoms with van der Waals surface area (Å²) in [6.45, 7) is -0.463. The molecule has 1 aliphatic rings. The van der Waals surface area contributed by atoms with Gasteiger partial charge < -0.3 is 9.84 Å². The zero-order valence-corrected chi connectivity index (χ0v) is 17.9. The van der Waals surface area contributed by atoms with Crippen molar-refractivity contribution in [3.63, 3.8) is 0 Å². The van der Waals surface area contributed by atoms with Crippen LogP contribution in [0.4, 0.5) is 0 Å². The fraction of sp³-hybridized carbons (Fsp3) is 0.0526. The Morgan fingerprint density at radius 2 is 1.86 bits per heavy atom. The number of amides is 1. The number of carboxylic acid groups (broad SMARTS) is 1. The first kappa shape index (κ1) is 20.5. The highest BCUT2D eigenvalue weighted by Crippen LogP contribution is 2.32. The van der Waals surface area contributed by atoms with Crippen molar-refractivity contribution in [1.29, 1.82) is 0 Å². The highest BCUT2D eigenvalue weighted by molar-refractivity contribution is 14.1. The third-order valence-electron chi connectivity index (χ3n) is 3.65. The molecule has 0 spiro atoms. The number of aliphatic carboxylic acids is 1. The average Bonchev–Trinajstić information content (AvgIpc) is 2.90. The lowest BCUT2D eigenvalue weighted by Gasteiger charge is -2.10. The van der Waals surface area contributed by atoms with Gasteiger partial charge >= 0.3 is 11.9 Å². The summed E-state index contributed by atoms with van der Waals surface area (Å²) in [5, 5.41) is 8.86. The number of carbonyl (C=O) groups excluding carboxylic acids is 2. The van der Waals surface area contributed by atoms with Crippen LogP contribution >= 0.6 is 46.6 Å². The Morgan fingerprint density at radius 1 is 1.18 bits per heavy atom. The third-order valence-corrected chi connectivity index (χ3v) is 5.97. The number of nitrogens with zero attached hydrogens (tertiary/aromatic N) is 1. The molecule has 142 valence electrons. The minimum Gasteiger partial charge on any atom is -0.480 e. The van der Waals surface area contributed by atoms with Gasteiger partial charge in [-0.15, -0.1) is 0 Å². The maximum absolute atomic E-state index is 12.3. The number of hydrogen-bond donors (Lipinski definition) is 1. The average molecular weight is 525 g/mol. The molecule has 0 radical (unpaired) electrons. The van der Waals surface area contributed by atoms with Crippen LogP contribution in [0.25, 0.3) is 6.08 Å². The third kappa shape index (κ3) is 4.78. The van der Waals surface area contributed by atoms with E-state index in [0.717, 1.165) is 20.2 Å². The first-order valence-corrected chi connectivity index (χ1v) is 10.2. The number of carbonyl (C=O) groups is 3. The lowest BCUT2D eigenvalue weighted by Crippen LogP contribution is -2.33. The second-order valence-electron chi connectivity index (χ2n) is 5.60. The van der Waals surface area contributed by atoms with Gasteiger partial charge in [-0.1, -0.05) is 48.2 Å². The zero-order chi connectivity index (χ0) is 20.3. The molecule has 9 heteroatoms. The summed E-state index contributed by atoms with van der Waals surface area (Å²) < 4.78 is 6.38. The summed E-state index contributed by atoms with van der Waals surface area (Å²) >= 11 is 8.18. The first-order valence-electron chi connectivity index (χ1n) is 7.89. The molecule has 0 aromatic heterocycles. The number of halogens is 1. The zero-order valence-electron chi connectivity index (χ0n) is 14.1. The molecule has 28 heavy (non-hydrogen) atoms. The summed E-state index contributed by atoms with van der Waals surface area (Å²) in [6, 6.07) is 13.8. The highest BCUT2D eigenvalue weighted by Gasteiger charge is 2.33. The number of ether oxygens (including phenoxy) is 1. The monoisotopic (exact) mass is 525 g/mol. The summed E-state index contributed by atoms with van der Waals surface area (Å²) in [4.78, 5) is 36.7. The molecule has 3 rings (SSSR count). The maximum atomic E-state index is 12.3. The molecule has 0 bridgehead atoms. The molecule has 0 atom stereocenters. The van der Waals surface area contributed by atoms with Gasteiger partial charge in [-0.05, 0) is 58.5 Å². The Kier molecular flexibility index (Phi) is 6.47. The molecule has 0 saturated carbocycles. The van der Waals surface area contributed by atoms with Crippen molar-refractivity contribution in [3.8, 4) is 5.75 Å². The second kappa shape index (κ2) is 8.84. The minimum atomic E-state index is -1.13. The van der Waals surface area contributed by atoms with E-state index in [0.29, 0.717) is 21.8 Å². The number of benzene rings is 2. The molecule has 0 unspecified atom stereocenters. The van der Waals surface area contributed by atoms with E-state index in [1.54, 1.807) is 42.5 Å². The van der Waals surface area contributed by atoms with E-state index in [4.69, 9.17) is 22.1 Å². The maximum Gasteiger partial charge on any atom is 0.344 e. The van der Waals surface area contributed by atoms with Gasteiger partial charge in [0.15, 0.2) is 0 Å². The summed E-state index contributed by atoms with van der Waals surface area (Å²) in [5.74, 6) is -1.64. The molecule has 2 aromatic rings. The Labute approximate surface area is 183 Å². The molecule has 6 nitrogen and oxygen atoms in total. The molecular weight excluding hydrogens is 513 g/mol. The van der Waals surface area contributed by atoms with Gasteiger partial charge in [-0.25, -0.2) is 4.79 Å². The van der Waals surface area contributed by atoms with Crippen molar-refractivity contribution in [1.82, 2.24) is 4.90 Å². The molecular formula is C19H12INO5S2. The Balaban J connectivity index is 1.71. The molecule has 0 aliphatic carbocycles. The number of rotatable bonds is 5. The van der Waals surface area contributed by atoms with Crippen molar-refractivity contribution in [2.24, 2.45) is 0 Å². The Morgan fingerprint density at radius 3 is 2.50 bits per heavy atom. The number of hydrogen-bond acceptors (Lipinski definition) is 6. The second-order valence-corrected chi connectivity index (χ2v) is 8.44. The molecule has 1 saturated heterocycles. The predicted molar refractivity (Wildman–Crippen MR) is 118 cm³/mol. The minimum absolute atomic E-state index is 0.210. The normalized spacial score (nSPS) is 15.2. The molecule has 1 amide bonds. The Bertz CT molecular complexity index is 1000. The van der Waals surface area contributed by atoms with Crippen molar-refractivity contribution >= 4 is 74.8 Å². The van der Waals surface area contributed by atoms with Crippen LogP contribution in [0.2, 0.25) is 0 Å². The van der Waals surface area contributed by atoms with E-state index in [-0.39, 0.29) is 4.32 Å². The van der Waals surface area contributed by atoms with Gasteiger partial charge in [0.1, 0.15) is 16.6 Å². The fourth-order valence-corrected chi connectivity index (χ4v) is 4.21.